The van der Waals surface area contributed by atoms with E-state index in [2.05, 4.69) is 29.2 Å². The molecule has 0 spiro atoms. The van der Waals surface area contributed by atoms with Crippen molar-refractivity contribution in [3.63, 3.8) is 0 Å². The Bertz CT molecular complexity index is 383. The highest BCUT2D eigenvalue weighted by atomic mass is 35.5. The van der Waals surface area contributed by atoms with Gasteiger partial charge in [-0.3, -0.25) is 4.90 Å². The lowest BCUT2D eigenvalue weighted by atomic mass is 9.82. The molecule has 2 rings (SSSR count). The molecule has 3 heteroatoms. The molecular weight excluding hydrogens is 258 g/mol. The fourth-order valence-electron chi connectivity index (χ4n) is 2.99. The highest BCUT2D eigenvalue weighted by Gasteiger charge is 2.21. The van der Waals surface area contributed by atoms with Gasteiger partial charge in [0.05, 0.1) is 6.61 Å². The van der Waals surface area contributed by atoms with Crippen LogP contribution in [0.4, 0.5) is 0 Å². The molecule has 0 saturated carbocycles. The molecule has 0 radical (unpaired) electrons. The van der Waals surface area contributed by atoms with Gasteiger partial charge in [-0.2, -0.15) is 0 Å². The first-order valence-electron chi connectivity index (χ1n) is 7.20. The summed E-state index contributed by atoms with van der Waals surface area (Å²) in [5.74, 6) is 1.35. The van der Waals surface area contributed by atoms with Crippen molar-refractivity contribution in [1.29, 1.82) is 0 Å². The zero-order valence-corrected chi connectivity index (χ0v) is 12.5. The maximum atomic E-state index is 5.91. The van der Waals surface area contributed by atoms with Crippen LogP contribution in [0, 0.1) is 0 Å². The average Bonchev–Trinajstić information content (AvgIpc) is 2.45. The van der Waals surface area contributed by atoms with Crippen molar-refractivity contribution in [2.24, 2.45) is 0 Å². The molecule has 0 fully saturated rings. The van der Waals surface area contributed by atoms with E-state index in [4.69, 9.17) is 16.3 Å². The fourth-order valence-corrected chi connectivity index (χ4v) is 3.23. The number of ether oxygens (including phenoxy) is 1. The first-order chi connectivity index (χ1) is 9.35. The van der Waals surface area contributed by atoms with Gasteiger partial charge in [-0.25, -0.2) is 0 Å². The summed E-state index contributed by atoms with van der Waals surface area (Å²) in [5, 5.41) is 0. The van der Waals surface area contributed by atoms with Gasteiger partial charge in [-0.1, -0.05) is 24.3 Å². The second-order valence-corrected chi connectivity index (χ2v) is 5.65. The molecule has 1 aromatic rings. The van der Waals surface area contributed by atoms with E-state index in [1.165, 1.54) is 24.8 Å². The summed E-state index contributed by atoms with van der Waals surface area (Å²) in [4.78, 5) is 2.43. The summed E-state index contributed by atoms with van der Waals surface area (Å²) in [6, 6.07) is 8.90. The van der Waals surface area contributed by atoms with E-state index < -0.39 is 0 Å². The molecule has 0 amide bonds. The number of hydrogen-bond donors (Lipinski definition) is 0. The standard InChI is InChI=1S/C16H24ClNO/c1-19-12-11-18(10-9-17)13-15-7-4-6-14-5-2-3-8-16(14)15/h2-3,5,8,15H,4,6-7,9-13H2,1H3. The number of alkyl halides is 1. The van der Waals surface area contributed by atoms with E-state index in [0.29, 0.717) is 11.8 Å². The summed E-state index contributed by atoms with van der Waals surface area (Å²) in [5.41, 5.74) is 3.09. The minimum atomic E-state index is 0.657. The van der Waals surface area contributed by atoms with Crippen LogP contribution in [0.1, 0.15) is 29.9 Å². The van der Waals surface area contributed by atoms with Crippen molar-refractivity contribution in [1.82, 2.24) is 4.90 Å². The van der Waals surface area contributed by atoms with Crippen LogP contribution in [0.15, 0.2) is 24.3 Å². The molecule has 0 bridgehead atoms. The van der Waals surface area contributed by atoms with Gasteiger partial charge in [0, 0.05) is 32.6 Å². The molecule has 1 aliphatic rings. The molecule has 1 aromatic carbocycles. The molecule has 1 unspecified atom stereocenters. The van der Waals surface area contributed by atoms with Crippen molar-refractivity contribution < 1.29 is 4.74 Å². The first kappa shape index (κ1) is 14.8. The Balaban J connectivity index is 2.01. The van der Waals surface area contributed by atoms with Crippen molar-refractivity contribution in [2.75, 3.05) is 39.2 Å². The molecule has 0 aromatic heterocycles. The van der Waals surface area contributed by atoms with E-state index >= 15 is 0 Å². The minimum Gasteiger partial charge on any atom is -0.383 e. The predicted octanol–water partition coefficient (Wildman–Crippen LogP) is 3.29. The summed E-state index contributed by atoms with van der Waals surface area (Å²) >= 11 is 5.91. The molecule has 1 aliphatic carbocycles. The maximum Gasteiger partial charge on any atom is 0.0589 e. The highest BCUT2D eigenvalue weighted by Crippen LogP contribution is 2.31. The topological polar surface area (TPSA) is 12.5 Å². The molecule has 0 saturated heterocycles. The maximum absolute atomic E-state index is 5.91. The average molecular weight is 282 g/mol. The summed E-state index contributed by atoms with van der Waals surface area (Å²) in [7, 11) is 1.76. The monoisotopic (exact) mass is 281 g/mol. The van der Waals surface area contributed by atoms with E-state index in [1.807, 2.05) is 0 Å². The second-order valence-electron chi connectivity index (χ2n) is 5.27. The van der Waals surface area contributed by atoms with Gasteiger partial charge < -0.3 is 4.74 Å². The summed E-state index contributed by atoms with van der Waals surface area (Å²) in [6.07, 6.45) is 3.84. The number of rotatable bonds is 7. The first-order valence-corrected chi connectivity index (χ1v) is 7.73. The third-order valence-corrected chi connectivity index (χ3v) is 4.15. The number of methoxy groups -OCH3 is 1. The number of benzene rings is 1. The van der Waals surface area contributed by atoms with Gasteiger partial charge in [0.2, 0.25) is 0 Å². The minimum absolute atomic E-state index is 0.657. The van der Waals surface area contributed by atoms with Crippen LogP contribution in [-0.4, -0.2) is 44.1 Å². The molecule has 19 heavy (non-hydrogen) atoms. The number of fused-ring (bicyclic) bond motifs is 1. The van der Waals surface area contributed by atoms with Crippen LogP contribution in [-0.2, 0) is 11.2 Å². The largest absolute Gasteiger partial charge is 0.383 e. The lowest BCUT2D eigenvalue weighted by Crippen LogP contribution is -2.34. The van der Waals surface area contributed by atoms with Crippen LogP contribution in [0.2, 0.25) is 0 Å². The quantitative estimate of drug-likeness (QED) is 0.711. The Kier molecular flexibility index (Phi) is 6.15. The number of hydrogen-bond acceptors (Lipinski definition) is 2. The van der Waals surface area contributed by atoms with Crippen molar-refractivity contribution in [3.8, 4) is 0 Å². The van der Waals surface area contributed by atoms with Crippen molar-refractivity contribution >= 4 is 11.6 Å². The Labute approximate surface area is 121 Å². The molecule has 0 aliphatic heterocycles. The lowest BCUT2D eigenvalue weighted by Gasteiger charge is -2.31. The van der Waals surface area contributed by atoms with Gasteiger partial charge >= 0.3 is 0 Å². The van der Waals surface area contributed by atoms with Crippen LogP contribution in [0.25, 0.3) is 0 Å². The SMILES string of the molecule is COCCN(CCCl)CC1CCCc2ccccc21. The Morgan fingerprint density at radius 3 is 2.95 bits per heavy atom. The van der Waals surface area contributed by atoms with Crippen LogP contribution in [0.5, 0.6) is 0 Å². The van der Waals surface area contributed by atoms with E-state index in [9.17, 15) is 0 Å². The number of aryl methyl sites for hydroxylation is 1. The van der Waals surface area contributed by atoms with E-state index in [-0.39, 0.29) is 0 Å². The zero-order chi connectivity index (χ0) is 13.5. The third kappa shape index (κ3) is 4.20. The predicted molar refractivity (Wildman–Crippen MR) is 81.2 cm³/mol. The van der Waals surface area contributed by atoms with Crippen molar-refractivity contribution in [3.05, 3.63) is 35.4 Å². The van der Waals surface area contributed by atoms with E-state index in [1.54, 1.807) is 12.7 Å². The normalized spacial score (nSPS) is 18.6. The van der Waals surface area contributed by atoms with Gasteiger partial charge in [0.1, 0.15) is 0 Å². The molecule has 2 nitrogen and oxygen atoms in total. The molecule has 106 valence electrons. The number of nitrogens with zero attached hydrogens (tertiary/aromatic N) is 1. The van der Waals surface area contributed by atoms with E-state index in [0.717, 1.165) is 26.2 Å². The summed E-state index contributed by atoms with van der Waals surface area (Å²) in [6.45, 7) is 3.81. The number of halogens is 1. The van der Waals surface area contributed by atoms with Gasteiger partial charge in [0.15, 0.2) is 0 Å². The zero-order valence-electron chi connectivity index (χ0n) is 11.8. The Hall–Kier alpha value is -0.570. The van der Waals surface area contributed by atoms with Gasteiger partial charge in [-0.05, 0) is 36.3 Å². The Morgan fingerprint density at radius 2 is 2.16 bits per heavy atom. The van der Waals surface area contributed by atoms with Gasteiger partial charge in [-0.15, -0.1) is 11.6 Å². The second kappa shape index (κ2) is 7.88. The highest BCUT2D eigenvalue weighted by molar-refractivity contribution is 6.18. The van der Waals surface area contributed by atoms with Crippen molar-refractivity contribution in [2.45, 2.75) is 25.2 Å². The molecule has 0 heterocycles. The lowest BCUT2D eigenvalue weighted by molar-refractivity contribution is 0.145. The van der Waals surface area contributed by atoms with Crippen LogP contribution >= 0.6 is 11.6 Å². The van der Waals surface area contributed by atoms with Crippen LogP contribution < -0.4 is 0 Å². The van der Waals surface area contributed by atoms with Crippen LogP contribution in [0.3, 0.4) is 0 Å². The Morgan fingerprint density at radius 1 is 1.32 bits per heavy atom. The fraction of sp³-hybridized carbons (Fsp3) is 0.625. The third-order valence-electron chi connectivity index (χ3n) is 3.98. The molecule has 0 N–H and O–H groups in total. The smallest absolute Gasteiger partial charge is 0.0589 e. The molecular formula is C16H24ClNO. The summed E-state index contributed by atoms with van der Waals surface area (Å²) < 4.78 is 5.19. The van der Waals surface area contributed by atoms with Gasteiger partial charge in [0.25, 0.3) is 0 Å². The molecule has 1 atom stereocenters.